The number of aliphatic hydroxyl groups excluding tert-OH is 1. The second-order valence-electron chi connectivity index (χ2n) is 16.0. The Balaban J connectivity index is 0.957. The molecule has 7 aliphatic rings. The first-order valence-corrected chi connectivity index (χ1v) is 17.4. The lowest BCUT2D eigenvalue weighted by molar-refractivity contribution is -0.257. The molecule has 9 heteroatoms. The minimum absolute atomic E-state index is 0.0463. The Bertz CT molecular complexity index is 1080. The van der Waals surface area contributed by atoms with E-state index in [9.17, 15) is 14.7 Å². The molecule has 7 fully saturated rings. The molecule has 0 aromatic rings. The van der Waals surface area contributed by atoms with Crippen LogP contribution in [0.5, 0.6) is 0 Å². The summed E-state index contributed by atoms with van der Waals surface area (Å²) >= 11 is 0. The Morgan fingerprint density at radius 3 is 2.60 bits per heavy atom. The Kier molecular flexibility index (Phi) is 8.03. The summed E-state index contributed by atoms with van der Waals surface area (Å²) in [7, 11) is 0. The van der Waals surface area contributed by atoms with Crippen molar-refractivity contribution < 1.29 is 33.6 Å². The highest BCUT2D eigenvalue weighted by molar-refractivity contribution is 5.84. The molecule has 4 saturated heterocycles. The number of nitrogens with one attached hydrogen (secondary N) is 1. The molecule has 4 N–H and O–H groups in total. The van der Waals surface area contributed by atoms with Crippen molar-refractivity contribution in [3.05, 3.63) is 0 Å². The number of carbonyl (C=O) groups is 2. The molecule has 12 unspecified atom stereocenters. The zero-order valence-corrected chi connectivity index (χ0v) is 26.5. The highest BCUT2D eigenvalue weighted by Gasteiger charge is 2.62. The second kappa shape index (κ2) is 11.3. The van der Waals surface area contributed by atoms with Crippen LogP contribution in [0.3, 0.4) is 0 Å². The van der Waals surface area contributed by atoms with Crippen molar-refractivity contribution in [3.8, 4) is 0 Å². The van der Waals surface area contributed by atoms with Crippen LogP contribution in [-0.4, -0.2) is 76.9 Å². The summed E-state index contributed by atoms with van der Waals surface area (Å²) in [4.78, 5) is 26.4. The smallest absolute Gasteiger partial charge is 0.341 e. The molecular formula is C34H54N2O7. The van der Waals surface area contributed by atoms with Crippen LogP contribution in [0.25, 0.3) is 0 Å². The van der Waals surface area contributed by atoms with Gasteiger partial charge in [0, 0.05) is 24.8 Å². The normalized spacial score (nSPS) is 52.2. The van der Waals surface area contributed by atoms with Gasteiger partial charge < -0.3 is 29.8 Å². The number of ether oxygens (including phenoxy) is 4. The fourth-order valence-corrected chi connectivity index (χ4v) is 10.5. The quantitative estimate of drug-likeness (QED) is 0.319. The van der Waals surface area contributed by atoms with Crippen LogP contribution in [0.1, 0.15) is 105 Å². The molecule has 4 heterocycles. The average molecular weight is 603 g/mol. The van der Waals surface area contributed by atoms with E-state index in [1.165, 1.54) is 38.5 Å². The summed E-state index contributed by atoms with van der Waals surface area (Å²) in [6.07, 6.45) is 10.0. The third-order valence-corrected chi connectivity index (χ3v) is 12.9. The van der Waals surface area contributed by atoms with Crippen molar-refractivity contribution in [1.82, 2.24) is 5.32 Å². The number of Topliss-reactive ketones (excluding diaryl/α,β-unsaturated/α-hetero) is 1. The number of ketones is 1. The number of hydrogen-bond acceptors (Lipinski definition) is 9. The second-order valence-corrected chi connectivity index (χ2v) is 16.0. The molecule has 4 aliphatic heterocycles. The van der Waals surface area contributed by atoms with E-state index in [2.05, 4.69) is 5.32 Å². The van der Waals surface area contributed by atoms with Crippen LogP contribution in [0.2, 0.25) is 0 Å². The summed E-state index contributed by atoms with van der Waals surface area (Å²) in [6, 6.07) is 0.533. The summed E-state index contributed by atoms with van der Waals surface area (Å²) in [5.74, 6) is 1.73. The molecule has 43 heavy (non-hydrogen) atoms. The Morgan fingerprint density at radius 2 is 1.79 bits per heavy atom. The fourth-order valence-electron chi connectivity index (χ4n) is 10.5. The van der Waals surface area contributed by atoms with Gasteiger partial charge in [-0.25, -0.2) is 4.79 Å². The van der Waals surface area contributed by atoms with Crippen molar-refractivity contribution in [3.63, 3.8) is 0 Å². The summed E-state index contributed by atoms with van der Waals surface area (Å²) in [5.41, 5.74) is 4.86. The van der Waals surface area contributed by atoms with Gasteiger partial charge in [0.2, 0.25) is 0 Å². The molecule has 0 amide bonds. The van der Waals surface area contributed by atoms with Crippen molar-refractivity contribution in [2.45, 2.75) is 165 Å². The van der Waals surface area contributed by atoms with Crippen LogP contribution in [0.15, 0.2) is 0 Å². The maximum absolute atomic E-state index is 13.6. The molecule has 0 aromatic heterocycles. The van der Waals surface area contributed by atoms with E-state index in [4.69, 9.17) is 24.7 Å². The first-order chi connectivity index (χ1) is 20.4. The van der Waals surface area contributed by atoms with Crippen LogP contribution in [0.4, 0.5) is 0 Å². The largest absolute Gasteiger partial charge is 0.457 e. The van der Waals surface area contributed by atoms with Gasteiger partial charge in [-0.05, 0) is 96.3 Å². The number of epoxide rings is 1. The molecule has 0 spiro atoms. The predicted molar refractivity (Wildman–Crippen MR) is 159 cm³/mol. The average Bonchev–Trinajstić information content (AvgIpc) is 3.62. The van der Waals surface area contributed by atoms with Crippen molar-refractivity contribution in [2.75, 3.05) is 0 Å². The summed E-state index contributed by atoms with van der Waals surface area (Å²) in [6.45, 7) is 7.64. The van der Waals surface area contributed by atoms with Crippen LogP contribution in [-0.2, 0) is 28.5 Å². The SMILES string of the molecule is CC1CC(=O)C2C(CC3OC(C)(C)[C@H](OC(=O)[C@@]4(C)O[C@@H]4CCC4CC(N)NC5C6CCCCC6CCC45)CC3C2O)O1. The number of piperidine rings is 1. The molecular weight excluding hydrogens is 548 g/mol. The highest BCUT2D eigenvalue weighted by Crippen LogP contribution is 2.51. The van der Waals surface area contributed by atoms with Crippen molar-refractivity contribution in [2.24, 2.45) is 41.2 Å². The lowest BCUT2D eigenvalue weighted by Gasteiger charge is -2.53. The number of esters is 1. The third-order valence-electron chi connectivity index (χ3n) is 12.9. The van der Waals surface area contributed by atoms with Gasteiger partial charge in [0.1, 0.15) is 11.9 Å². The molecule has 0 radical (unpaired) electrons. The molecule has 3 saturated carbocycles. The fraction of sp³-hybridized carbons (Fsp3) is 0.941. The lowest BCUT2D eigenvalue weighted by Crippen LogP contribution is -2.63. The van der Waals surface area contributed by atoms with Gasteiger partial charge in [-0.15, -0.1) is 0 Å². The summed E-state index contributed by atoms with van der Waals surface area (Å²) < 4.78 is 24.7. The number of nitrogens with two attached hydrogens (primary N) is 1. The van der Waals surface area contributed by atoms with E-state index in [1.807, 2.05) is 27.7 Å². The molecule has 9 nitrogen and oxygen atoms in total. The topological polar surface area (TPSA) is 133 Å². The van der Waals surface area contributed by atoms with E-state index in [1.54, 1.807) is 0 Å². The van der Waals surface area contributed by atoms with Gasteiger partial charge in [0.25, 0.3) is 0 Å². The molecule has 7 rings (SSSR count). The van der Waals surface area contributed by atoms with E-state index >= 15 is 0 Å². The monoisotopic (exact) mass is 602 g/mol. The Morgan fingerprint density at radius 1 is 1.00 bits per heavy atom. The van der Waals surface area contributed by atoms with E-state index < -0.39 is 29.3 Å². The third kappa shape index (κ3) is 5.52. The number of carbonyl (C=O) groups excluding carboxylic acids is 2. The summed E-state index contributed by atoms with van der Waals surface area (Å²) in [5, 5.41) is 15.1. The standard InChI is InChI=1S/C34H54N2O7/c1-17-13-23(37)29-25(40-17)16-24-22(31(29)38)15-27(33(2,3)42-24)41-32(39)34(4)26(43-34)12-10-19-14-28(35)36-30-20-8-6-5-7-18(20)9-11-21(19)30/h17-22,24-31,36,38H,5-16,35H2,1-4H3/t17?,18?,19?,20?,21?,22?,24?,25?,26-,27-,28?,29?,30?,31?,34+/m1/s1. The van der Waals surface area contributed by atoms with Crippen molar-refractivity contribution >= 4 is 11.8 Å². The maximum Gasteiger partial charge on any atom is 0.341 e. The minimum Gasteiger partial charge on any atom is -0.457 e. The molecule has 15 atom stereocenters. The van der Waals surface area contributed by atoms with Crippen LogP contribution < -0.4 is 11.1 Å². The van der Waals surface area contributed by atoms with E-state index in [0.29, 0.717) is 37.1 Å². The maximum atomic E-state index is 13.6. The van der Waals surface area contributed by atoms with Gasteiger partial charge in [-0.1, -0.05) is 19.3 Å². The zero-order valence-electron chi connectivity index (χ0n) is 26.5. The van der Waals surface area contributed by atoms with Crippen molar-refractivity contribution in [1.29, 1.82) is 0 Å². The van der Waals surface area contributed by atoms with Gasteiger partial charge in [-0.3, -0.25) is 10.1 Å². The van der Waals surface area contributed by atoms with Gasteiger partial charge in [-0.2, -0.15) is 0 Å². The van der Waals surface area contributed by atoms with Gasteiger partial charge in [0.05, 0.1) is 48.2 Å². The van der Waals surface area contributed by atoms with Gasteiger partial charge in [0.15, 0.2) is 5.60 Å². The highest BCUT2D eigenvalue weighted by atomic mass is 16.7. The minimum atomic E-state index is -0.956. The molecule has 3 aliphatic carbocycles. The number of rotatable bonds is 5. The number of hydrogen-bond donors (Lipinski definition) is 3. The van der Waals surface area contributed by atoms with Crippen LogP contribution >= 0.6 is 0 Å². The first kappa shape index (κ1) is 30.5. The van der Waals surface area contributed by atoms with Crippen LogP contribution in [0, 0.1) is 35.5 Å². The Hall–Kier alpha value is -1.10. The predicted octanol–water partition coefficient (Wildman–Crippen LogP) is 3.63. The molecule has 0 bridgehead atoms. The van der Waals surface area contributed by atoms with E-state index in [0.717, 1.165) is 31.1 Å². The first-order valence-electron chi connectivity index (χ1n) is 17.4. The van der Waals surface area contributed by atoms with Gasteiger partial charge >= 0.3 is 5.97 Å². The molecule has 0 aromatic carbocycles. The lowest BCUT2D eigenvalue weighted by atomic mass is 9.59. The number of aliphatic hydroxyl groups is 1. The zero-order chi connectivity index (χ0) is 30.3. The Labute approximate surface area is 256 Å². The molecule has 242 valence electrons. The van der Waals surface area contributed by atoms with E-state index in [-0.39, 0.29) is 48.3 Å². The number of fused-ring (bicyclic) bond motifs is 5.